The number of rotatable bonds is 4. The average Bonchev–Trinajstić information content (AvgIpc) is 2.80. The van der Waals surface area contributed by atoms with Crippen LogP contribution in [0, 0.1) is 0 Å². The normalized spacial score (nSPS) is 10.2. The number of carbonyl (C=O) groups excluding carboxylic acids is 1. The van der Waals surface area contributed by atoms with Gasteiger partial charge < -0.3 is 4.74 Å². The van der Waals surface area contributed by atoms with Crippen LogP contribution in [0.4, 0.5) is 0 Å². The van der Waals surface area contributed by atoms with E-state index in [2.05, 4.69) is 0 Å². The maximum absolute atomic E-state index is 12.0. The summed E-state index contributed by atoms with van der Waals surface area (Å²) < 4.78 is 5.13. The highest BCUT2D eigenvalue weighted by atomic mass is 35.5. The lowest BCUT2D eigenvalue weighted by atomic mass is 10.1. The number of thiophene rings is 1. The van der Waals surface area contributed by atoms with Crippen LogP contribution >= 0.6 is 22.9 Å². The predicted molar refractivity (Wildman–Crippen MR) is 70.4 cm³/mol. The van der Waals surface area contributed by atoms with Gasteiger partial charge >= 0.3 is 0 Å². The number of Topliss-reactive ketones (excluding diaryl/α,β-unsaturated/α-hetero) is 1. The van der Waals surface area contributed by atoms with Crippen LogP contribution in [-0.4, -0.2) is 12.9 Å². The molecular weight excluding hydrogens is 256 g/mol. The first-order chi connectivity index (χ1) is 8.20. The molecule has 0 atom stereocenters. The quantitative estimate of drug-likeness (QED) is 0.786. The van der Waals surface area contributed by atoms with Crippen molar-refractivity contribution in [3.8, 4) is 5.75 Å². The van der Waals surface area contributed by atoms with Crippen molar-refractivity contribution in [2.75, 3.05) is 7.11 Å². The predicted octanol–water partition coefficient (Wildman–Crippen LogP) is 3.84. The molecule has 2 aromatic rings. The molecule has 0 saturated carbocycles. The molecular formula is C13H11ClO2S. The number of hydrogen-bond donors (Lipinski definition) is 0. The third kappa shape index (κ3) is 2.87. The highest BCUT2D eigenvalue weighted by Gasteiger charge is 2.14. The van der Waals surface area contributed by atoms with Crippen LogP contribution in [0.2, 0.25) is 5.02 Å². The maximum Gasteiger partial charge on any atom is 0.180 e. The molecule has 4 heteroatoms. The fourth-order valence-corrected chi connectivity index (χ4v) is 2.45. The fraction of sp³-hybridized carbons (Fsp3) is 0.154. The van der Waals surface area contributed by atoms with Crippen molar-refractivity contribution < 1.29 is 9.53 Å². The second kappa shape index (κ2) is 5.34. The second-order valence-electron chi connectivity index (χ2n) is 3.54. The number of hydrogen-bond acceptors (Lipinski definition) is 3. The van der Waals surface area contributed by atoms with Crippen molar-refractivity contribution in [1.29, 1.82) is 0 Å². The number of benzene rings is 1. The highest BCUT2D eigenvalue weighted by Crippen LogP contribution is 2.26. The van der Waals surface area contributed by atoms with Crippen LogP contribution < -0.4 is 4.74 Å². The summed E-state index contributed by atoms with van der Waals surface area (Å²) in [7, 11) is 1.57. The van der Waals surface area contributed by atoms with Gasteiger partial charge in [0.25, 0.3) is 0 Å². The lowest BCUT2D eigenvalue weighted by molar-refractivity contribution is 0.0994. The Hall–Kier alpha value is -1.32. The minimum atomic E-state index is 0.0687. The summed E-state index contributed by atoms with van der Waals surface area (Å²) in [5.41, 5.74) is 0.954. The molecule has 2 rings (SSSR count). The van der Waals surface area contributed by atoms with E-state index in [0.29, 0.717) is 22.1 Å². The molecule has 0 fully saturated rings. The van der Waals surface area contributed by atoms with Gasteiger partial charge in [-0.15, -0.1) is 11.3 Å². The smallest absolute Gasteiger partial charge is 0.180 e. The van der Waals surface area contributed by atoms with Crippen LogP contribution in [-0.2, 0) is 6.42 Å². The summed E-state index contributed by atoms with van der Waals surface area (Å²) in [5, 5.41) is 2.53. The fourth-order valence-electron chi connectivity index (χ4n) is 1.53. The van der Waals surface area contributed by atoms with Crippen molar-refractivity contribution in [2.24, 2.45) is 0 Å². The Kier molecular flexibility index (Phi) is 3.82. The van der Waals surface area contributed by atoms with E-state index < -0.39 is 0 Å². The van der Waals surface area contributed by atoms with E-state index in [9.17, 15) is 4.79 Å². The van der Waals surface area contributed by atoms with E-state index in [-0.39, 0.29) is 5.78 Å². The molecule has 0 aliphatic rings. The first-order valence-corrected chi connectivity index (χ1v) is 6.35. The number of carbonyl (C=O) groups is 1. The zero-order valence-electron chi connectivity index (χ0n) is 9.27. The van der Waals surface area contributed by atoms with E-state index in [4.69, 9.17) is 16.3 Å². The van der Waals surface area contributed by atoms with Gasteiger partial charge in [0.15, 0.2) is 5.78 Å². The Morgan fingerprint density at radius 3 is 2.65 bits per heavy atom. The molecule has 0 bridgehead atoms. The van der Waals surface area contributed by atoms with E-state index >= 15 is 0 Å². The Labute approximate surface area is 109 Å². The van der Waals surface area contributed by atoms with E-state index in [1.165, 1.54) is 11.3 Å². The van der Waals surface area contributed by atoms with Crippen LogP contribution in [0.3, 0.4) is 0 Å². The van der Waals surface area contributed by atoms with Gasteiger partial charge in [-0.2, -0.15) is 0 Å². The SMILES string of the molecule is COc1ccsc1C(=O)Cc1ccc(Cl)cc1. The Morgan fingerprint density at radius 1 is 1.29 bits per heavy atom. The molecule has 0 spiro atoms. The molecule has 0 radical (unpaired) electrons. The van der Waals surface area contributed by atoms with Gasteiger partial charge in [-0.05, 0) is 29.1 Å². The molecule has 1 aromatic carbocycles. The monoisotopic (exact) mass is 266 g/mol. The Bertz CT molecular complexity index is 516. The topological polar surface area (TPSA) is 26.3 Å². The Balaban J connectivity index is 2.14. The summed E-state index contributed by atoms with van der Waals surface area (Å²) in [6, 6.07) is 9.10. The summed E-state index contributed by atoms with van der Waals surface area (Å²) in [6.45, 7) is 0. The van der Waals surface area contributed by atoms with Crippen molar-refractivity contribution in [2.45, 2.75) is 6.42 Å². The second-order valence-corrected chi connectivity index (χ2v) is 4.90. The number of methoxy groups -OCH3 is 1. The zero-order valence-corrected chi connectivity index (χ0v) is 10.8. The Morgan fingerprint density at radius 2 is 2.00 bits per heavy atom. The molecule has 0 N–H and O–H groups in total. The summed E-state index contributed by atoms with van der Waals surface area (Å²) in [4.78, 5) is 12.7. The number of halogens is 1. The first-order valence-electron chi connectivity index (χ1n) is 5.10. The van der Waals surface area contributed by atoms with Crippen molar-refractivity contribution >= 4 is 28.7 Å². The molecule has 0 saturated heterocycles. The third-order valence-electron chi connectivity index (χ3n) is 2.38. The van der Waals surface area contributed by atoms with E-state index in [0.717, 1.165) is 5.56 Å². The summed E-state index contributed by atoms with van der Waals surface area (Å²) in [5.74, 6) is 0.716. The molecule has 0 aliphatic carbocycles. The molecule has 88 valence electrons. The minimum absolute atomic E-state index is 0.0687. The van der Waals surface area contributed by atoms with Crippen LogP contribution in [0.1, 0.15) is 15.2 Å². The lowest BCUT2D eigenvalue weighted by Gasteiger charge is -2.02. The van der Waals surface area contributed by atoms with Gasteiger partial charge in [0.2, 0.25) is 0 Å². The largest absolute Gasteiger partial charge is 0.495 e. The zero-order chi connectivity index (χ0) is 12.3. The molecule has 0 amide bonds. The molecule has 2 nitrogen and oxygen atoms in total. The van der Waals surface area contributed by atoms with Gasteiger partial charge in [0.1, 0.15) is 10.6 Å². The molecule has 0 aliphatic heterocycles. The van der Waals surface area contributed by atoms with E-state index in [1.54, 1.807) is 25.3 Å². The van der Waals surface area contributed by atoms with Gasteiger partial charge in [-0.1, -0.05) is 23.7 Å². The maximum atomic E-state index is 12.0. The lowest BCUT2D eigenvalue weighted by Crippen LogP contribution is -2.02. The number of ether oxygens (including phenoxy) is 1. The molecule has 1 aromatic heterocycles. The van der Waals surface area contributed by atoms with Gasteiger partial charge in [0, 0.05) is 11.4 Å². The van der Waals surface area contributed by atoms with Crippen molar-refractivity contribution in [1.82, 2.24) is 0 Å². The van der Waals surface area contributed by atoms with Crippen LogP contribution in [0.25, 0.3) is 0 Å². The third-order valence-corrected chi connectivity index (χ3v) is 3.57. The van der Waals surface area contributed by atoms with Gasteiger partial charge in [-0.25, -0.2) is 0 Å². The number of ketones is 1. The molecule has 1 heterocycles. The van der Waals surface area contributed by atoms with Crippen molar-refractivity contribution in [3.63, 3.8) is 0 Å². The van der Waals surface area contributed by atoms with Crippen molar-refractivity contribution in [3.05, 3.63) is 51.2 Å². The summed E-state index contributed by atoms with van der Waals surface area (Å²) in [6.07, 6.45) is 0.369. The van der Waals surface area contributed by atoms with Gasteiger partial charge in [0.05, 0.1) is 7.11 Å². The minimum Gasteiger partial charge on any atom is -0.495 e. The molecule has 17 heavy (non-hydrogen) atoms. The van der Waals surface area contributed by atoms with Gasteiger partial charge in [-0.3, -0.25) is 4.79 Å². The summed E-state index contributed by atoms with van der Waals surface area (Å²) >= 11 is 7.20. The van der Waals surface area contributed by atoms with E-state index in [1.807, 2.05) is 17.5 Å². The van der Waals surface area contributed by atoms with Crippen LogP contribution in [0.15, 0.2) is 35.7 Å². The van der Waals surface area contributed by atoms with Crippen LogP contribution in [0.5, 0.6) is 5.75 Å². The highest BCUT2D eigenvalue weighted by molar-refractivity contribution is 7.12. The standard InChI is InChI=1S/C13H11ClO2S/c1-16-12-6-7-17-13(12)11(15)8-9-2-4-10(14)5-3-9/h2-7H,8H2,1H3. The average molecular weight is 267 g/mol. The first kappa shape index (κ1) is 12.1. The molecule has 0 unspecified atom stereocenters.